The van der Waals surface area contributed by atoms with Gasteiger partial charge in [-0.1, -0.05) is 78.9 Å². The zero-order chi connectivity index (χ0) is 45.4. The minimum atomic E-state index is -1.31. The Labute approximate surface area is 377 Å². The van der Waals surface area contributed by atoms with Crippen LogP contribution >= 0.6 is 12.2 Å². The number of carbonyl (C=O) groups excluding carboxylic acids is 4. The lowest BCUT2D eigenvalue weighted by atomic mass is 9.83. The number of nitrogens with one attached hydrogen (secondary N) is 1. The van der Waals surface area contributed by atoms with Crippen molar-refractivity contribution in [1.29, 1.82) is 0 Å². The van der Waals surface area contributed by atoms with Crippen molar-refractivity contribution in [3.05, 3.63) is 101 Å². The maximum atomic E-state index is 12.4. The first kappa shape index (κ1) is 47.1. The number of hydrogen-bond acceptors (Lipinski definition) is 16. The lowest BCUT2D eigenvalue weighted by molar-refractivity contribution is -0.265. The van der Waals surface area contributed by atoms with Gasteiger partial charge in [0.05, 0.1) is 37.0 Å². The standard InChI is InChI=1S/C47H56N2O14S/c1-28(51)55-27-39-44(59-30(3)53)45(60-31(4)54)43(58-29(2)52)37(61-39)24-40(64)48-36-12-8-11-35(23-36)46-62-38(25-49-19-17-47(18-20-49)56-21-22-57-47)41(33-9-6-5-7-10-33)42(63-46)34-15-13-32(26-50)14-16-34/h5-16,23,37-39,41-46,50H,17-22,24-27H2,1-4H3,(H,48,64)/t37-,38+,39+,41+,42-,43-,44+,45+,46?/m0/s1. The van der Waals surface area contributed by atoms with Gasteiger partial charge in [0.1, 0.15) is 18.8 Å². The van der Waals surface area contributed by atoms with Crippen LogP contribution < -0.4 is 5.32 Å². The Kier molecular flexibility index (Phi) is 15.8. The quantitative estimate of drug-likeness (QED) is 0.122. The molecular weight excluding hydrogens is 849 g/mol. The summed E-state index contributed by atoms with van der Waals surface area (Å²) in [6, 6.07) is 25.5. The van der Waals surface area contributed by atoms with Gasteiger partial charge in [-0.15, -0.1) is 0 Å². The molecule has 16 nitrogen and oxygen atoms in total. The number of benzene rings is 3. The van der Waals surface area contributed by atoms with E-state index < -0.39 is 72.6 Å². The van der Waals surface area contributed by atoms with Crippen LogP contribution in [-0.4, -0.2) is 121 Å². The van der Waals surface area contributed by atoms with Gasteiger partial charge in [0.2, 0.25) is 0 Å². The Morgan fingerprint density at radius 1 is 0.719 bits per heavy atom. The topological polar surface area (TPSA) is 187 Å². The molecule has 344 valence electrons. The van der Waals surface area contributed by atoms with Gasteiger partial charge in [0.25, 0.3) is 0 Å². The largest absolute Gasteiger partial charge is 0.463 e. The molecule has 4 aliphatic rings. The second kappa shape index (κ2) is 21.4. The molecule has 3 aromatic rings. The zero-order valence-corrected chi connectivity index (χ0v) is 37.2. The predicted octanol–water partition coefficient (Wildman–Crippen LogP) is 5.21. The van der Waals surface area contributed by atoms with Gasteiger partial charge in [-0.05, 0) is 28.8 Å². The van der Waals surface area contributed by atoms with E-state index in [1.807, 2.05) is 66.7 Å². The van der Waals surface area contributed by atoms with E-state index in [1.54, 1.807) is 0 Å². The molecular formula is C47H56N2O14S. The highest BCUT2D eigenvalue weighted by molar-refractivity contribution is 7.80. The minimum Gasteiger partial charge on any atom is -0.463 e. The van der Waals surface area contributed by atoms with Crippen molar-refractivity contribution >= 4 is 46.8 Å². The number of anilines is 1. The first-order valence-electron chi connectivity index (χ1n) is 21.6. The van der Waals surface area contributed by atoms with Crippen molar-refractivity contribution in [2.75, 3.05) is 44.8 Å². The summed E-state index contributed by atoms with van der Waals surface area (Å²) in [6.45, 7) is 7.69. The summed E-state index contributed by atoms with van der Waals surface area (Å²) in [7, 11) is 0. The molecule has 4 saturated heterocycles. The Hall–Kier alpha value is -4.85. The van der Waals surface area contributed by atoms with Gasteiger partial charge >= 0.3 is 23.9 Å². The van der Waals surface area contributed by atoms with E-state index in [4.69, 9.17) is 54.8 Å². The average Bonchev–Trinajstić information content (AvgIpc) is 3.73. The number of ether oxygens (including phenoxy) is 9. The molecule has 4 heterocycles. The molecule has 2 N–H and O–H groups in total. The highest BCUT2D eigenvalue weighted by Gasteiger charge is 2.52. The number of piperidine rings is 1. The highest BCUT2D eigenvalue weighted by Crippen LogP contribution is 2.48. The normalized spacial score (nSPS) is 27.9. The van der Waals surface area contributed by atoms with Crippen molar-refractivity contribution in [2.45, 2.75) is 114 Å². The number of nitrogens with zero attached hydrogens (tertiary/aromatic N) is 1. The molecule has 0 amide bonds. The summed E-state index contributed by atoms with van der Waals surface area (Å²) < 4.78 is 54.3. The van der Waals surface area contributed by atoms with Gasteiger partial charge in [0.15, 0.2) is 30.4 Å². The lowest BCUT2D eigenvalue weighted by Crippen LogP contribution is -2.62. The molecule has 3 aromatic carbocycles. The van der Waals surface area contributed by atoms with Gasteiger partial charge < -0.3 is 58.0 Å². The van der Waals surface area contributed by atoms with E-state index in [9.17, 15) is 24.3 Å². The first-order valence-corrected chi connectivity index (χ1v) is 22.0. The Balaban J connectivity index is 1.14. The monoisotopic (exact) mass is 904 g/mol. The van der Waals surface area contributed by atoms with Crippen LogP contribution in [-0.2, 0) is 68.4 Å². The fraction of sp³-hybridized carbons (Fsp3) is 0.511. The number of esters is 4. The van der Waals surface area contributed by atoms with E-state index in [1.165, 1.54) is 27.7 Å². The predicted molar refractivity (Wildman–Crippen MR) is 233 cm³/mol. The van der Waals surface area contributed by atoms with Gasteiger partial charge in [-0.2, -0.15) is 0 Å². The molecule has 17 heteroatoms. The SMILES string of the molecule is CC(=O)OC[C@H]1O[C@@H](CC(=S)Nc2cccc(C3O[C@H](CN4CCC5(CC4)OCCO5)[C@@H](c4ccccc4)[C@H](c4ccc(CO)cc4)O3)c2)[C@H](OC(C)=O)[C@@H](OC(C)=O)[C@@H]1OC(C)=O. The lowest BCUT2D eigenvalue weighted by Gasteiger charge is -2.46. The Bertz CT molecular complexity index is 2090. The summed E-state index contributed by atoms with van der Waals surface area (Å²) in [4.78, 5) is 51.5. The maximum absolute atomic E-state index is 12.4. The molecule has 0 bridgehead atoms. The number of aliphatic hydroxyl groups is 1. The van der Waals surface area contributed by atoms with Gasteiger partial charge in [-0.3, -0.25) is 19.2 Å². The van der Waals surface area contributed by atoms with E-state index in [0.717, 1.165) is 48.2 Å². The van der Waals surface area contributed by atoms with Crippen LogP contribution in [0.25, 0.3) is 0 Å². The number of aliphatic hydroxyl groups excluding tert-OH is 1. The van der Waals surface area contributed by atoms with Crippen molar-refractivity contribution < 1.29 is 66.9 Å². The number of carbonyl (C=O) groups is 4. The molecule has 1 spiro atoms. The molecule has 4 fully saturated rings. The van der Waals surface area contributed by atoms with Crippen LogP contribution in [0.15, 0.2) is 78.9 Å². The molecule has 0 aliphatic carbocycles. The van der Waals surface area contributed by atoms with E-state index >= 15 is 0 Å². The smallest absolute Gasteiger partial charge is 0.303 e. The molecule has 0 aromatic heterocycles. The molecule has 64 heavy (non-hydrogen) atoms. The maximum Gasteiger partial charge on any atom is 0.303 e. The third kappa shape index (κ3) is 11.9. The second-order valence-corrected chi connectivity index (χ2v) is 16.9. The van der Waals surface area contributed by atoms with Crippen molar-refractivity contribution in [2.24, 2.45) is 0 Å². The summed E-state index contributed by atoms with van der Waals surface area (Å²) in [5.74, 6) is -3.48. The van der Waals surface area contributed by atoms with E-state index in [0.29, 0.717) is 25.4 Å². The summed E-state index contributed by atoms with van der Waals surface area (Å²) in [5, 5.41) is 13.1. The summed E-state index contributed by atoms with van der Waals surface area (Å²) >= 11 is 5.86. The highest BCUT2D eigenvalue weighted by atomic mass is 32.1. The Morgan fingerprint density at radius 2 is 1.34 bits per heavy atom. The second-order valence-electron chi connectivity index (χ2n) is 16.4. The van der Waals surface area contributed by atoms with Crippen LogP contribution in [0.5, 0.6) is 0 Å². The van der Waals surface area contributed by atoms with Crippen molar-refractivity contribution in [3.8, 4) is 0 Å². The van der Waals surface area contributed by atoms with Crippen LogP contribution in [0, 0.1) is 0 Å². The third-order valence-electron chi connectivity index (χ3n) is 11.8. The van der Waals surface area contributed by atoms with Crippen LogP contribution in [0.1, 0.15) is 87.5 Å². The molecule has 9 atom stereocenters. The van der Waals surface area contributed by atoms with Crippen molar-refractivity contribution in [3.63, 3.8) is 0 Å². The summed E-state index contributed by atoms with van der Waals surface area (Å²) in [6.07, 6.45) is -6.06. The van der Waals surface area contributed by atoms with Gasteiger partial charge in [-0.25, -0.2) is 0 Å². The third-order valence-corrected chi connectivity index (χ3v) is 12.0. The number of rotatable bonds is 14. The average molecular weight is 905 g/mol. The number of hydrogen-bond donors (Lipinski definition) is 2. The molecule has 1 unspecified atom stereocenters. The molecule has 0 saturated carbocycles. The van der Waals surface area contributed by atoms with Gasteiger partial charge in [0, 0.05) is 83.8 Å². The Morgan fingerprint density at radius 3 is 1.97 bits per heavy atom. The zero-order valence-electron chi connectivity index (χ0n) is 36.4. The fourth-order valence-electron chi connectivity index (χ4n) is 8.92. The fourth-order valence-corrected chi connectivity index (χ4v) is 9.20. The minimum absolute atomic E-state index is 0.0466. The summed E-state index contributed by atoms with van der Waals surface area (Å²) in [5.41, 5.74) is 4.12. The number of likely N-dealkylation sites (tertiary alicyclic amines) is 1. The van der Waals surface area contributed by atoms with Crippen LogP contribution in [0.2, 0.25) is 0 Å². The van der Waals surface area contributed by atoms with Crippen molar-refractivity contribution in [1.82, 2.24) is 4.90 Å². The number of thiocarbonyl (C=S) groups is 1. The molecule has 7 rings (SSSR count). The van der Waals surface area contributed by atoms with E-state index in [-0.39, 0.29) is 36.6 Å². The molecule has 0 radical (unpaired) electrons. The van der Waals surface area contributed by atoms with Crippen LogP contribution in [0.3, 0.4) is 0 Å². The molecule has 4 aliphatic heterocycles. The first-order chi connectivity index (χ1) is 30.8. The van der Waals surface area contributed by atoms with Crippen LogP contribution in [0.4, 0.5) is 5.69 Å². The van der Waals surface area contributed by atoms with E-state index in [2.05, 4.69) is 22.3 Å².